The molecule has 1 aliphatic heterocycles. The fourth-order valence-electron chi connectivity index (χ4n) is 4.58. The number of carbonyl (C=O) groups is 1. The van der Waals surface area contributed by atoms with Gasteiger partial charge in [0.15, 0.2) is 0 Å². The first-order valence-corrected chi connectivity index (χ1v) is 11.6. The van der Waals surface area contributed by atoms with Crippen LogP contribution >= 0.6 is 0 Å². The van der Waals surface area contributed by atoms with Gasteiger partial charge in [-0.3, -0.25) is 4.79 Å². The highest BCUT2D eigenvalue weighted by atomic mass is 16.2. The molecule has 2 aliphatic rings. The average molecular weight is 403 g/mol. The summed E-state index contributed by atoms with van der Waals surface area (Å²) in [7, 11) is 0. The van der Waals surface area contributed by atoms with Crippen LogP contribution in [0.4, 0.5) is 0 Å². The van der Waals surface area contributed by atoms with Crippen LogP contribution in [0.2, 0.25) is 0 Å². The lowest BCUT2D eigenvalue weighted by atomic mass is 9.85. The van der Waals surface area contributed by atoms with Crippen molar-refractivity contribution >= 4 is 11.5 Å². The third kappa shape index (κ3) is 4.67. The Morgan fingerprint density at radius 1 is 0.933 bits per heavy atom. The molecule has 158 valence electrons. The number of rotatable bonds is 7. The van der Waals surface area contributed by atoms with Gasteiger partial charge in [0, 0.05) is 18.7 Å². The molecule has 2 fully saturated rings. The minimum atomic E-state index is 0.122. The highest BCUT2D eigenvalue weighted by Gasteiger charge is 2.24. The van der Waals surface area contributed by atoms with E-state index >= 15 is 0 Å². The van der Waals surface area contributed by atoms with Gasteiger partial charge in [0.1, 0.15) is 0 Å². The first-order valence-electron chi connectivity index (χ1n) is 11.6. The molecule has 2 aromatic rings. The smallest absolute Gasteiger partial charge is 0.253 e. The Morgan fingerprint density at radius 2 is 1.57 bits per heavy atom. The number of nitrogens with zero attached hydrogens (tertiary/aromatic N) is 1. The van der Waals surface area contributed by atoms with E-state index in [0.29, 0.717) is 0 Å². The van der Waals surface area contributed by atoms with Crippen LogP contribution in [-0.4, -0.2) is 37.0 Å². The van der Waals surface area contributed by atoms with Gasteiger partial charge in [-0.1, -0.05) is 42.0 Å². The second kappa shape index (κ2) is 9.61. The van der Waals surface area contributed by atoms with E-state index in [-0.39, 0.29) is 5.91 Å². The Balaban J connectivity index is 1.72. The lowest BCUT2D eigenvalue weighted by Gasteiger charge is -2.23. The first kappa shape index (κ1) is 20.9. The molecular formula is C27H34N2O. The van der Waals surface area contributed by atoms with Gasteiger partial charge in [-0.25, -0.2) is 0 Å². The van der Waals surface area contributed by atoms with Gasteiger partial charge < -0.3 is 10.2 Å². The van der Waals surface area contributed by atoms with Crippen molar-refractivity contribution in [1.29, 1.82) is 0 Å². The molecule has 1 N–H and O–H groups in total. The maximum Gasteiger partial charge on any atom is 0.253 e. The quantitative estimate of drug-likeness (QED) is 0.681. The molecular weight excluding hydrogens is 368 g/mol. The summed E-state index contributed by atoms with van der Waals surface area (Å²) in [6.45, 7) is 7.64. The van der Waals surface area contributed by atoms with E-state index in [2.05, 4.69) is 41.7 Å². The Labute approximate surface area is 181 Å². The van der Waals surface area contributed by atoms with Gasteiger partial charge in [0.2, 0.25) is 0 Å². The molecule has 1 saturated heterocycles. The van der Waals surface area contributed by atoms with Crippen molar-refractivity contribution in [2.75, 3.05) is 26.2 Å². The number of nitrogens with one attached hydrogen (secondary N) is 1. The number of piperidine rings is 1. The fourth-order valence-corrected chi connectivity index (χ4v) is 4.58. The molecule has 30 heavy (non-hydrogen) atoms. The number of hydrogen-bond donors (Lipinski definition) is 1. The van der Waals surface area contributed by atoms with Gasteiger partial charge in [-0.05, 0) is 99.4 Å². The molecule has 1 aliphatic carbocycles. The lowest BCUT2D eigenvalue weighted by molar-refractivity contribution is 0.0773. The predicted octanol–water partition coefficient (Wildman–Crippen LogP) is 5.31. The minimum Gasteiger partial charge on any atom is -0.339 e. The molecule has 1 heterocycles. The van der Waals surface area contributed by atoms with Gasteiger partial charge >= 0.3 is 0 Å². The lowest BCUT2D eigenvalue weighted by Crippen LogP contribution is -2.30. The van der Waals surface area contributed by atoms with E-state index in [1.54, 1.807) is 5.57 Å². The maximum atomic E-state index is 12.7. The zero-order valence-electron chi connectivity index (χ0n) is 18.4. The summed E-state index contributed by atoms with van der Waals surface area (Å²) in [5.41, 5.74) is 7.83. The molecule has 0 radical (unpaired) electrons. The zero-order valence-corrected chi connectivity index (χ0v) is 18.4. The normalized spacial score (nSPS) is 16.4. The molecule has 4 rings (SSSR count). The van der Waals surface area contributed by atoms with Gasteiger partial charge in [0.25, 0.3) is 5.91 Å². The van der Waals surface area contributed by atoms with E-state index in [4.69, 9.17) is 0 Å². The van der Waals surface area contributed by atoms with E-state index in [0.717, 1.165) is 50.5 Å². The Kier molecular flexibility index (Phi) is 6.69. The summed E-state index contributed by atoms with van der Waals surface area (Å²) in [6.07, 6.45) is 6.10. The Morgan fingerprint density at radius 3 is 2.20 bits per heavy atom. The Bertz CT molecular complexity index is 897. The van der Waals surface area contributed by atoms with Gasteiger partial charge in [-0.2, -0.15) is 0 Å². The third-order valence-corrected chi connectivity index (χ3v) is 6.52. The van der Waals surface area contributed by atoms with Crippen molar-refractivity contribution in [3.8, 4) is 0 Å². The van der Waals surface area contributed by atoms with E-state index in [9.17, 15) is 4.79 Å². The summed E-state index contributed by atoms with van der Waals surface area (Å²) >= 11 is 0. The van der Waals surface area contributed by atoms with Crippen LogP contribution in [0.25, 0.3) is 5.57 Å². The summed E-state index contributed by atoms with van der Waals surface area (Å²) < 4.78 is 0. The zero-order chi connectivity index (χ0) is 20.9. The number of hydrogen-bond acceptors (Lipinski definition) is 2. The highest BCUT2D eigenvalue weighted by molar-refractivity contribution is 5.95. The van der Waals surface area contributed by atoms with E-state index in [1.807, 2.05) is 30.9 Å². The number of amides is 1. The minimum absolute atomic E-state index is 0.122. The van der Waals surface area contributed by atoms with Crippen molar-refractivity contribution in [3.05, 3.63) is 76.4 Å². The SMILES string of the molecule is CCN(CC)C(=O)c1ccc(C(=C2CCNCC2)c2ccccc2CC2CC2)cc1. The van der Waals surface area contributed by atoms with Crippen LogP contribution < -0.4 is 5.32 Å². The van der Waals surface area contributed by atoms with Crippen molar-refractivity contribution < 1.29 is 4.79 Å². The molecule has 0 spiro atoms. The van der Waals surface area contributed by atoms with Gasteiger partial charge in [-0.15, -0.1) is 0 Å². The van der Waals surface area contributed by atoms with Crippen molar-refractivity contribution in [2.45, 2.75) is 46.0 Å². The Hall–Kier alpha value is -2.39. The van der Waals surface area contributed by atoms with Crippen LogP contribution in [0.15, 0.2) is 54.1 Å². The number of benzene rings is 2. The second-order valence-electron chi connectivity index (χ2n) is 8.59. The van der Waals surface area contributed by atoms with Crippen LogP contribution in [0, 0.1) is 5.92 Å². The van der Waals surface area contributed by atoms with Crippen molar-refractivity contribution in [1.82, 2.24) is 10.2 Å². The van der Waals surface area contributed by atoms with E-state index < -0.39 is 0 Å². The summed E-state index contributed by atoms with van der Waals surface area (Å²) in [5, 5.41) is 3.49. The molecule has 0 aromatic heterocycles. The van der Waals surface area contributed by atoms with Crippen molar-refractivity contribution in [2.24, 2.45) is 5.92 Å². The largest absolute Gasteiger partial charge is 0.339 e. The predicted molar refractivity (Wildman–Crippen MR) is 125 cm³/mol. The van der Waals surface area contributed by atoms with Crippen molar-refractivity contribution in [3.63, 3.8) is 0 Å². The fraction of sp³-hybridized carbons (Fsp3) is 0.444. The summed E-state index contributed by atoms with van der Waals surface area (Å²) in [5.74, 6) is 0.983. The molecule has 3 nitrogen and oxygen atoms in total. The van der Waals surface area contributed by atoms with Crippen LogP contribution in [0.1, 0.15) is 66.6 Å². The molecule has 1 amide bonds. The van der Waals surface area contributed by atoms with Crippen LogP contribution in [0.5, 0.6) is 0 Å². The monoisotopic (exact) mass is 402 g/mol. The summed E-state index contributed by atoms with van der Waals surface area (Å²) in [6, 6.07) is 17.3. The molecule has 2 aromatic carbocycles. The number of carbonyl (C=O) groups excluding carboxylic acids is 1. The molecule has 1 saturated carbocycles. The second-order valence-corrected chi connectivity index (χ2v) is 8.59. The summed E-state index contributed by atoms with van der Waals surface area (Å²) in [4.78, 5) is 14.6. The molecule has 0 bridgehead atoms. The van der Waals surface area contributed by atoms with E-state index in [1.165, 1.54) is 41.5 Å². The van der Waals surface area contributed by atoms with Gasteiger partial charge in [0.05, 0.1) is 0 Å². The first-order chi connectivity index (χ1) is 14.7. The standard InChI is InChI=1S/C27H34N2O/c1-3-29(4-2)27(30)23-13-11-21(12-14-23)26(22-15-17-28-18-16-22)25-8-6-5-7-24(25)19-20-9-10-20/h5-8,11-14,20,28H,3-4,9-10,15-19H2,1-2H3. The van der Waals surface area contributed by atoms with Crippen LogP contribution in [-0.2, 0) is 6.42 Å². The highest BCUT2D eigenvalue weighted by Crippen LogP contribution is 2.38. The maximum absolute atomic E-state index is 12.7. The van der Waals surface area contributed by atoms with Crippen LogP contribution in [0.3, 0.4) is 0 Å². The topological polar surface area (TPSA) is 32.3 Å². The third-order valence-electron chi connectivity index (χ3n) is 6.52. The molecule has 0 unspecified atom stereocenters. The molecule has 3 heteroatoms. The average Bonchev–Trinajstić information content (AvgIpc) is 3.61. The molecule has 0 atom stereocenters.